The Morgan fingerprint density at radius 2 is 1.89 bits per heavy atom. The Balaban J connectivity index is 1.53. The zero-order chi connectivity index (χ0) is 24.7. The smallest absolute Gasteiger partial charge is 0.229 e. The number of nitrogens with zero attached hydrogens (tertiary/aromatic N) is 4. The van der Waals surface area contributed by atoms with Crippen molar-refractivity contribution in [3.63, 3.8) is 0 Å². The first-order chi connectivity index (χ1) is 16.8. The summed E-state index contributed by atoms with van der Waals surface area (Å²) in [5.41, 5.74) is 5.03. The number of thiophene rings is 1. The highest BCUT2D eigenvalue weighted by Gasteiger charge is 2.28. The molecule has 0 aliphatic carbocycles. The first-order valence-electron chi connectivity index (χ1n) is 12.1. The van der Waals surface area contributed by atoms with Crippen molar-refractivity contribution in [1.29, 1.82) is 0 Å². The van der Waals surface area contributed by atoms with Gasteiger partial charge in [-0.2, -0.15) is 0 Å². The molecular formula is C26H30ClN5O2S. The number of piperidine rings is 1. The van der Waals surface area contributed by atoms with Crippen molar-refractivity contribution >= 4 is 45.0 Å². The Kier molecular flexibility index (Phi) is 6.90. The normalized spacial score (nSPS) is 21.8. The maximum Gasteiger partial charge on any atom is 0.229 e. The van der Waals surface area contributed by atoms with Gasteiger partial charge in [0, 0.05) is 60.0 Å². The SMILES string of the molecule is Cc1cc(Cl)cc(-c2ncnc3cc(CN4C(=O)CCCC4=O)sc23)c1CN1C[C@@H](C)NC[C@@H]1C. The molecule has 2 fully saturated rings. The van der Waals surface area contributed by atoms with Gasteiger partial charge in [0.15, 0.2) is 0 Å². The molecule has 5 rings (SSSR count). The van der Waals surface area contributed by atoms with E-state index in [1.165, 1.54) is 10.5 Å². The summed E-state index contributed by atoms with van der Waals surface area (Å²) in [4.78, 5) is 38.7. The van der Waals surface area contributed by atoms with Gasteiger partial charge in [0.1, 0.15) is 6.33 Å². The van der Waals surface area contributed by atoms with Crippen molar-refractivity contribution in [2.75, 3.05) is 13.1 Å². The number of fused-ring (bicyclic) bond motifs is 1. The van der Waals surface area contributed by atoms with Crippen molar-refractivity contribution in [2.24, 2.45) is 0 Å². The van der Waals surface area contributed by atoms with E-state index in [2.05, 4.69) is 36.0 Å². The summed E-state index contributed by atoms with van der Waals surface area (Å²) >= 11 is 8.08. The molecule has 9 heteroatoms. The van der Waals surface area contributed by atoms with Gasteiger partial charge in [-0.15, -0.1) is 11.3 Å². The molecule has 2 aliphatic rings. The van der Waals surface area contributed by atoms with Gasteiger partial charge in [-0.1, -0.05) is 11.6 Å². The lowest BCUT2D eigenvalue weighted by atomic mass is 9.97. The van der Waals surface area contributed by atoms with E-state index in [9.17, 15) is 9.59 Å². The molecule has 4 heterocycles. The number of carbonyl (C=O) groups excluding carboxylic acids is 2. The van der Waals surface area contributed by atoms with Gasteiger partial charge in [-0.3, -0.25) is 19.4 Å². The number of rotatable bonds is 5. The molecule has 0 spiro atoms. The van der Waals surface area contributed by atoms with E-state index < -0.39 is 0 Å². The van der Waals surface area contributed by atoms with Crippen LogP contribution in [-0.2, 0) is 22.7 Å². The summed E-state index contributed by atoms with van der Waals surface area (Å²) < 4.78 is 0.948. The minimum absolute atomic E-state index is 0.0999. The molecule has 0 bridgehead atoms. The first-order valence-corrected chi connectivity index (χ1v) is 13.3. The zero-order valence-electron chi connectivity index (χ0n) is 20.3. The Hall–Kier alpha value is -2.39. The van der Waals surface area contributed by atoms with E-state index >= 15 is 0 Å². The van der Waals surface area contributed by atoms with E-state index in [0.717, 1.165) is 51.5 Å². The summed E-state index contributed by atoms with van der Waals surface area (Å²) in [5.74, 6) is -0.200. The van der Waals surface area contributed by atoms with Crippen molar-refractivity contribution < 1.29 is 9.59 Å². The highest BCUT2D eigenvalue weighted by atomic mass is 35.5. The molecule has 2 aromatic heterocycles. The summed E-state index contributed by atoms with van der Waals surface area (Å²) in [6.07, 6.45) is 3.07. The van der Waals surface area contributed by atoms with E-state index in [0.29, 0.717) is 36.4 Å². The largest absolute Gasteiger partial charge is 0.311 e. The number of piperazine rings is 1. The second kappa shape index (κ2) is 9.93. The molecule has 1 N–H and O–H groups in total. The average molecular weight is 512 g/mol. The Bertz CT molecular complexity index is 1280. The second-order valence-electron chi connectivity index (χ2n) is 9.71. The van der Waals surface area contributed by atoms with Crippen molar-refractivity contribution in [2.45, 2.75) is 65.2 Å². The number of aryl methyl sites for hydroxylation is 1. The molecule has 184 valence electrons. The summed E-state index contributed by atoms with van der Waals surface area (Å²) in [7, 11) is 0. The highest BCUT2D eigenvalue weighted by molar-refractivity contribution is 7.19. The maximum atomic E-state index is 12.3. The van der Waals surface area contributed by atoms with Crippen LogP contribution in [-0.4, -0.2) is 56.8 Å². The van der Waals surface area contributed by atoms with Gasteiger partial charge in [0.05, 0.1) is 22.5 Å². The number of carbonyl (C=O) groups is 2. The number of aromatic nitrogens is 2. The van der Waals surface area contributed by atoms with Crippen LogP contribution in [0.3, 0.4) is 0 Å². The molecule has 0 radical (unpaired) electrons. The third kappa shape index (κ3) is 4.98. The summed E-state index contributed by atoms with van der Waals surface area (Å²) in [6.45, 7) is 9.61. The van der Waals surface area contributed by atoms with Crippen LogP contribution in [0.2, 0.25) is 5.02 Å². The Morgan fingerprint density at radius 3 is 2.66 bits per heavy atom. The van der Waals surface area contributed by atoms with Crippen LogP contribution >= 0.6 is 22.9 Å². The molecule has 3 aromatic rings. The van der Waals surface area contributed by atoms with Crippen molar-refractivity contribution in [3.8, 4) is 11.3 Å². The van der Waals surface area contributed by atoms with Crippen LogP contribution < -0.4 is 5.32 Å². The van der Waals surface area contributed by atoms with Crippen LogP contribution in [0.1, 0.15) is 49.1 Å². The predicted octanol–water partition coefficient (Wildman–Crippen LogP) is 4.54. The molecule has 7 nitrogen and oxygen atoms in total. The molecule has 2 saturated heterocycles. The predicted molar refractivity (Wildman–Crippen MR) is 139 cm³/mol. The van der Waals surface area contributed by atoms with Crippen LogP contribution in [0.25, 0.3) is 21.5 Å². The van der Waals surface area contributed by atoms with E-state index in [-0.39, 0.29) is 18.4 Å². The molecule has 35 heavy (non-hydrogen) atoms. The molecule has 1 aromatic carbocycles. The Labute approximate surface area is 214 Å². The highest BCUT2D eigenvalue weighted by Crippen LogP contribution is 2.37. The van der Waals surface area contributed by atoms with Gasteiger partial charge in [-0.05, 0) is 56.5 Å². The third-order valence-electron chi connectivity index (χ3n) is 7.01. The third-order valence-corrected chi connectivity index (χ3v) is 8.34. The van der Waals surface area contributed by atoms with Crippen molar-refractivity contribution in [3.05, 3.63) is 45.6 Å². The van der Waals surface area contributed by atoms with Gasteiger partial charge in [0.2, 0.25) is 11.8 Å². The van der Waals surface area contributed by atoms with Gasteiger partial charge in [0.25, 0.3) is 0 Å². The monoisotopic (exact) mass is 511 g/mol. The van der Waals surface area contributed by atoms with Crippen LogP contribution in [0.4, 0.5) is 0 Å². The fourth-order valence-corrected chi connectivity index (χ4v) is 6.40. The lowest BCUT2D eigenvalue weighted by Gasteiger charge is -2.38. The average Bonchev–Trinajstić information content (AvgIpc) is 3.23. The first kappa shape index (κ1) is 24.3. The van der Waals surface area contributed by atoms with E-state index in [1.807, 2.05) is 18.2 Å². The van der Waals surface area contributed by atoms with Crippen LogP contribution in [0, 0.1) is 6.92 Å². The fourth-order valence-electron chi connectivity index (χ4n) is 5.02. The lowest BCUT2D eigenvalue weighted by molar-refractivity contribution is -0.148. The lowest BCUT2D eigenvalue weighted by Crippen LogP contribution is -2.53. The topological polar surface area (TPSA) is 78.4 Å². The minimum atomic E-state index is -0.0999. The van der Waals surface area contributed by atoms with E-state index in [4.69, 9.17) is 16.6 Å². The van der Waals surface area contributed by atoms with Crippen molar-refractivity contribution in [1.82, 2.24) is 25.1 Å². The number of benzene rings is 1. The number of halogens is 1. The molecular weight excluding hydrogens is 482 g/mol. The number of likely N-dealkylation sites (tertiary alicyclic amines) is 1. The second-order valence-corrected chi connectivity index (χ2v) is 11.3. The number of amides is 2. The van der Waals surface area contributed by atoms with Crippen LogP contribution in [0.15, 0.2) is 24.5 Å². The summed E-state index contributed by atoms with van der Waals surface area (Å²) in [6, 6.07) is 6.85. The minimum Gasteiger partial charge on any atom is -0.311 e. The molecule has 0 saturated carbocycles. The molecule has 2 amide bonds. The fraction of sp³-hybridized carbons (Fsp3) is 0.462. The quantitative estimate of drug-likeness (QED) is 0.507. The van der Waals surface area contributed by atoms with E-state index in [1.54, 1.807) is 17.7 Å². The van der Waals surface area contributed by atoms with Gasteiger partial charge < -0.3 is 5.32 Å². The molecule has 2 aliphatic heterocycles. The molecule has 2 atom stereocenters. The summed E-state index contributed by atoms with van der Waals surface area (Å²) in [5, 5.41) is 4.23. The van der Waals surface area contributed by atoms with Gasteiger partial charge in [-0.25, -0.2) is 9.97 Å². The number of nitrogens with one attached hydrogen (secondary N) is 1. The number of hydrogen-bond donors (Lipinski definition) is 1. The number of hydrogen-bond acceptors (Lipinski definition) is 7. The maximum absolute atomic E-state index is 12.3. The number of imide groups is 1. The Morgan fingerprint density at radius 1 is 1.11 bits per heavy atom. The molecule has 0 unspecified atom stereocenters. The van der Waals surface area contributed by atoms with Gasteiger partial charge >= 0.3 is 0 Å². The standard InChI is InChI=1S/C26H30ClN5O2S/c1-15-7-18(27)8-20(21(15)13-31-11-16(2)28-10-17(31)3)25-26-22(29-14-30-25)9-19(35-26)12-32-23(33)5-4-6-24(32)34/h7-9,14,16-17,28H,4-6,10-13H2,1-3H3/t16-,17+/m1/s1. The van der Waals surface area contributed by atoms with Crippen LogP contribution in [0.5, 0.6) is 0 Å². The zero-order valence-corrected chi connectivity index (χ0v) is 21.9.